The van der Waals surface area contributed by atoms with Crippen LogP contribution in [0, 0.1) is 5.92 Å². The second-order valence-corrected chi connectivity index (χ2v) is 5.20. The number of carbonyl (C=O) groups is 2. The third-order valence-corrected chi connectivity index (χ3v) is 3.44. The lowest BCUT2D eigenvalue weighted by Crippen LogP contribution is -2.48. The zero-order valence-electron chi connectivity index (χ0n) is 9.10. The highest BCUT2D eigenvalue weighted by Gasteiger charge is 2.32. The minimum atomic E-state index is -0.898. The van der Waals surface area contributed by atoms with E-state index >= 15 is 0 Å². The van der Waals surface area contributed by atoms with Crippen molar-refractivity contribution in [3.05, 3.63) is 0 Å². The molecule has 0 unspecified atom stereocenters. The highest BCUT2D eigenvalue weighted by molar-refractivity contribution is 7.99. The fourth-order valence-electron chi connectivity index (χ4n) is 1.77. The van der Waals surface area contributed by atoms with E-state index in [9.17, 15) is 9.59 Å². The average molecular weight is 231 g/mol. The number of rotatable bonds is 3. The number of nitrogens with zero attached hydrogens (tertiary/aromatic N) is 1. The van der Waals surface area contributed by atoms with Crippen molar-refractivity contribution in [2.45, 2.75) is 26.3 Å². The first kappa shape index (κ1) is 12.4. The molecule has 1 saturated heterocycles. The summed E-state index contributed by atoms with van der Waals surface area (Å²) >= 11 is 1.71. The number of hydrogen-bond donors (Lipinski definition) is 1. The van der Waals surface area contributed by atoms with Gasteiger partial charge in [-0.1, -0.05) is 13.8 Å². The summed E-state index contributed by atoms with van der Waals surface area (Å²) in [7, 11) is 0. The fraction of sp³-hybridized carbons (Fsp3) is 0.800. The van der Waals surface area contributed by atoms with Crippen molar-refractivity contribution in [1.82, 2.24) is 4.90 Å². The molecule has 86 valence electrons. The van der Waals surface area contributed by atoms with Crippen molar-refractivity contribution in [3.8, 4) is 0 Å². The third kappa shape index (κ3) is 3.12. The highest BCUT2D eigenvalue weighted by atomic mass is 32.2. The standard InChI is InChI=1S/C10H17NO3S/c1-7(2)9(10(13)14)11-4-6-15-5-3-8(11)12/h7,9H,3-6H2,1-2H3,(H,13,14)/t9-/m1/s1. The quantitative estimate of drug-likeness (QED) is 0.789. The Morgan fingerprint density at radius 1 is 1.47 bits per heavy atom. The van der Waals surface area contributed by atoms with Crippen LogP contribution in [0.2, 0.25) is 0 Å². The molecule has 0 spiro atoms. The van der Waals surface area contributed by atoms with Gasteiger partial charge in [-0.3, -0.25) is 4.79 Å². The van der Waals surface area contributed by atoms with Gasteiger partial charge in [-0.15, -0.1) is 0 Å². The second-order valence-electron chi connectivity index (χ2n) is 3.98. The molecule has 1 aliphatic rings. The second kappa shape index (κ2) is 5.39. The molecule has 4 nitrogen and oxygen atoms in total. The van der Waals surface area contributed by atoms with Crippen LogP contribution in [-0.2, 0) is 9.59 Å². The Labute approximate surface area is 94.0 Å². The number of carboxylic acids is 1. The lowest BCUT2D eigenvalue weighted by atomic mass is 10.0. The van der Waals surface area contributed by atoms with Gasteiger partial charge in [0.2, 0.25) is 5.91 Å². The topological polar surface area (TPSA) is 57.6 Å². The fourth-order valence-corrected chi connectivity index (χ4v) is 2.61. The number of amides is 1. The summed E-state index contributed by atoms with van der Waals surface area (Å²) in [5, 5.41) is 9.10. The molecule has 1 N–H and O–H groups in total. The van der Waals surface area contributed by atoms with Gasteiger partial charge in [0.15, 0.2) is 0 Å². The summed E-state index contributed by atoms with van der Waals surface area (Å²) < 4.78 is 0. The molecular formula is C10H17NO3S. The van der Waals surface area contributed by atoms with Crippen LogP contribution < -0.4 is 0 Å². The molecule has 0 saturated carbocycles. The van der Waals surface area contributed by atoms with Crippen LogP contribution >= 0.6 is 11.8 Å². The van der Waals surface area contributed by atoms with Gasteiger partial charge in [-0.25, -0.2) is 4.79 Å². The zero-order valence-corrected chi connectivity index (χ0v) is 9.92. The van der Waals surface area contributed by atoms with E-state index in [-0.39, 0.29) is 11.8 Å². The van der Waals surface area contributed by atoms with Gasteiger partial charge in [-0.2, -0.15) is 11.8 Å². The molecule has 1 atom stereocenters. The summed E-state index contributed by atoms with van der Waals surface area (Å²) in [5.74, 6) is 0.669. The van der Waals surface area contributed by atoms with Crippen LogP contribution in [0.25, 0.3) is 0 Å². The lowest BCUT2D eigenvalue weighted by molar-refractivity contribution is -0.151. The normalized spacial score (nSPS) is 20.2. The Morgan fingerprint density at radius 2 is 2.13 bits per heavy atom. The van der Waals surface area contributed by atoms with Crippen LogP contribution in [0.1, 0.15) is 20.3 Å². The Morgan fingerprint density at radius 3 is 2.67 bits per heavy atom. The van der Waals surface area contributed by atoms with E-state index < -0.39 is 12.0 Å². The van der Waals surface area contributed by atoms with Crippen molar-refractivity contribution in [1.29, 1.82) is 0 Å². The molecule has 1 amide bonds. The molecule has 1 heterocycles. The summed E-state index contributed by atoms with van der Waals surface area (Å²) in [6.07, 6.45) is 0.459. The number of thioether (sulfide) groups is 1. The van der Waals surface area contributed by atoms with Crippen molar-refractivity contribution < 1.29 is 14.7 Å². The van der Waals surface area contributed by atoms with E-state index in [2.05, 4.69) is 0 Å². The smallest absolute Gasteiger partial charge is 0.326 e. The molecule has 1 fully saturated rings. The van der Waals surface area contributed by atoms with Crippen LogP contribution in [0.4, 0.5) is 0 Å². The summed E-state index contributed by atoms with van der Waals surface area (Å²) in [5.41, 5.74) is 0. The van der Waals surface area contributed by atoms with Crippen molar-refractivity contribution >= 4 is 23.6 Å². The maximum absolute atomic E-state index is 11.7. The first-order chi connectivity index (χ1) is 7.04. The Kier molecular flexibility index (Phi) is 4.45. The van der Waals surface area contributed by atoms with Gasteiger partial charge >= 0.3 is 5.97 Å². The van der Waals surface area contributed by atoms with E-state index in [0.717, 1.165) is 11.5 Å². The van der Waals surface area contributed by atoms with Gasteiger partial charge in [0, 0.05) is 24.5 Å². The van der Waals surface area contributed by atoms with Gasteiger partial charge in [-0.05, 0) is 5.92 Å². The molecule has 15 heavy (non-hydrogen) atoms. The molecule has 0 bridgehead atoms. The maximum atomic E-state index is 11.7. The van der Waals surface area contributed by atoms with Crippen molar-refractivity contribution in [3.63, 3.8) is 0 Å². The van der Waals surface area contributed by atoms with Gasteiger partial charge in [0.1, 0.15) is 6.04 Å². The first-order valence-corrected chi connectivity index (χ1v) is 6.29. The van der Waals surface area contributed by atoms with Crippen LogP contribution in [0.3, 0.4) is 0 Å². The number of aliphatic carboxylic acids is 1. The molecule has 0 aromatic heterocycles. The zero-order chi connectivity index (χ0) is 11.4. The Bertz CT molecular complexity index is 255. The molecule has 0 radical (unpaired) electrons. The third-order valence-electron chi connectivity index (χ3n) is 2.48. The SMILES string of the molecule is CC(C)[C@H](C(=O)O)N1CCSCCC1=O. The van der Waals surface area contributed by atoms with E-state index in [0.29, 0.717) is 13.0 Å². The first-order valence-electron chi connectivity index (χ1n) is 5.14. The molecule has 1 rings (SSSR count). The van der Waals surface area contributed by atoms with Crippen LogP contribution in [0.5, 0.6) is 0 Å². The van der Waals surface area contributed by atoms with E-state index in [1.165, 1.54) is 4.90 Å². The molecule has 1 aliphatic heterocycles. The lowest BCUT2D eigenvalue weighted by Gasteiger charge is -2.30. The molecular weight excluding hydrogens is 214 g/mol. The summed E-state index contributed by atoms with van der Waals surface area (Å²) in [6, 6.07) is -0.670. The highest BCUT2D eigenvalue weighted by Crippen LogP contribution is 2.18. The van der Waals surface area contributed by atoms with E-state index in [1.807, 2.05) is 13.8 Å². The number of hydrogen-bond acceptors (Lipinski definition) is 3. The van der Waals surface area contributed by atoms with Crippen LogP contribution in [0.15, 0.2) is 0 Å². The molecule has 0 aromatic rings. The minimum Gasteiger partial charge on any atom is -0.480 e. The molecule has 0 aliphatic carbocycles. The predicted octanol–water partition coefficient (Wildman–Crippen LogP) is 1.06. The molecule has 5 heteroatoms. The summed E-state index contributed by atoms with van der Waals surface area (Å²) in [4.78, 5) is 24.3. The largest absolute Gasteiger partial charge is 0.480 e. The maximum Gasteiger partial charge on any atom is 0.326 e. The van der Waals surface area contributed by atoms with Gasteiger partial charge in [0.25, 0.3) is 0 Å². The molecule has 0 aromatic carbocycles. The summed E-state index contributed by atoms with van der Waals surface area (Å²) in [6.45, 7) is 4.23. The average Bonchev–Trinajstić information content (AvgIpc) is 2.31. The minimum absolute atomic E-state index is 0.0268. The van der Waals surface area contributed by atoms with Gasteiger partial charge < -0.3 is 10.0 Å². The number of carboxylic acid groups (broad SMARTS) is 1. The van der Waals surface area contributed by atoms with E-state index in [1.54, 1.807) is 11.8 Å². The number of carbonyl (C=O) groups excluding carboxylic acids is 1. The van der Waals surface area contributed by atoms with Crippen molar-refractivity contribution in [2.75, 3.05) is 18.1 Å². The Hall–Kier alpha value is -0.710. The van der Waals surface area contributed by atoms with Gasteiger partial charge in [0.05, 0.1) is 0 Å². The Balaban J connectivity index is 2.80. The van der Waals surface area contributed by atoms with E-state index in [4.69, 9.17) is 5.11 Å². The predicted molar refractivity (Wildman–Crippen MR) is 59.9 cm³/mol. The monoisotopic (exact) mass is 231 g/mol. The van der Waals surface area contributed by atoms with Crippen molar-refractivity contribution in [2.24, 2.45) is 5.92 Å². The van der Waals surface area contributed by atoms with Crippen LogP contribution in [-0.4, -0.2) is 46.0 Å².